The van der Waals surface area contributed by atoms with E-state index in [1.165, 1.54) is 18.3 Å². The molecule has 0 aliphatic heterocycles. The molecule has 0 fully saturated rings. The summed E-state index contributed by atoms with van der Waals surface area (Å²) in [5.41, 5.74) is 0. The van der Waals surface area contributed by atoms with Crippen LogP contribution >= 0.6 is 11.3 Å². The highest BCUT2D eigenvalue weighted by molar-refractivity contribution is 7.12. The van der Waals surface area contributed by atoms with E-state index in [2.05, 4.69) is 16.0 Å². The van der Waals surface area contributed by atoms with Crippen molar-refractivity contribution in [2.24, 2.45) is 5.92 Å². The van der Waals surface area contributed by atoms with Gasteiger partial charge in [0.25, 0.3) is 11.8 Å². The third kappa shape index (κ3) is 6.54. The van der Waals surface area contributed by atoms with Crippen molar-refractivity contribution in [1.82, 2.24) is 16.0 Å². The van der Waals surface area contributed by atoms with Gasteiger partial charge in [-0.25, -0.2) is 9.59 Å². The molecule has 1 rings (SSSR count). The smallest absolute Gasteiger partial charge is 0.329 e. The number of ether oxygens (including phenoxy) is 1. The number of amides is 4. The van der Waals surface area contributed by atoms with E-state index in [1.807, 2.05) is 0 Å². The molecule has 0 aromatic carbocycles. The van der Waals surface area contributed by atoms with E-state index in [1.54, 1.807) is 38.3 Å². The van der Waals surface area contributed by atoms with Crippen molar-refractivity contribution in [2.45, 2.75) is 39.8 Å². The minimum atomic E-state index is -1.17. The molecular formula is C16H23N3O5S. The molecule has 1 heterocycles. The van der Waals surface area contributed by atoms with Gasteiger partial charge >= 0.3 is 12.0 Å². The number of carbonyl (C=O) groups is 4. The van der Waals surface area contributed by atoms with Crippen LogP contribution in [0.3, 0.4) is 0 Å². The van der Waals surface area contributed by atoms with Gasteiger partial charge in [-0.05, 0) is 31.2 Å². The van der Waals surface area contributed by atoms with Gasteiger partial charge in [-0.2, -0.15) is 0 Å². The minimum absolute atomic E-state index is 0.241. The van der Waals surface area contributed by atoms with Gasteiger partial charge in [0.05, 0.1) is 4.88 Å². The second-order valence-corrected chi connectivity index (χ2v) is 6.55. The van der Waals surface area contributed by atoms with Crippen molar-refractivity contribution in [3.05, 3.63) is 22.4 Å². The van der Waals surface area contributed by atoms with Gasteiger partial charge in [0.2, 0.25) is 0 Å². The van der Waals surface area contributed by atoms with E-state index >= 15 is 0 Å². The van der Waals surface area contributed by atoms with Crippen molar-refractivity contribution in [3.8, 4) is 0 Å². The SMILES string of the molecule is CCNC(=O)NC(=O)C(C)OC(=O)C(NC(=O)c1cccs1)C(C)C. The largest absolute Gasteiger partial charge is 0.451 e. The number of carbonyl (C=O) groups excluding carboxylic acids is 4. The molecule has 0 saturated carbocycles. The van der Waals surface area contributed by atoms with Crippen LogP contribution in [0.2, 0.25) is 0 Å². The van der Waals surface area contributed by atoms with Gasteiger partial charge in [0.1, 0.15) is 6.04 Å². The third-order valence-electron chi connectivity index (χ3n) is 3.19. The van der Waals surface area contributed by atoms with Crippen LogP contribution in [0.1, 0.15) is 37.4 Å². The first-order chi connectivity index (χ1) is 11.8. The summed E-state index contributed by atoms with van der Waals surface area (Å²) in [6.45, 7) is 6.92. The van der Waals surface area contributed by atoms with E-state index < -0.39 is 30.1 Å². The molecule has 9 heteroatoms. The van der Waals surface area contributed by atoms with Crippen LogP contribution in [0, 0.1) is 5.92 Å². The van der Waals surface area contributed by atoms with Gasteiger partial charge in [0, 0.05) is 6.54 Å². The number of hydrogen-bond donors (Lipinski definition) is 3. The number of nitrogens with one attached hydrogen (secondary N) is 3. The number of esters is 1. The zero-order valence-electron chi connectivity index (χ0n) is 14.6. The summed E-state index contributed by atoms with van der Waals surface area (Å²) in [6.07, 6.45) is -1.17. The summed E-state index contributed by atoms with van der Waals surface area (Å²) < 4.78 is 5.09. The summed E-state index contributed by atoms with van der Waals surface area (Å²) in [5, 5.41) is 8.83. The maximum Gasteiger partial charge on any atom is 0.329 e. The van der Waals surface area contributed by atoms with Crippen LogP contribution in [0.15, 0.2) is 17.5 Å². The summed E-state index contributed by atoms with van der Waals surface area (Å²) in [6, 6.07) is 1.80. The molecule has 0 aliphatic rings. The van der Waals surface area contributed by atoms with Crippen LogP contribution < -0.4 is 16.0 Å². The minimum Gasteiger partial charge on any atom is -0.451 e. The lowest BCUT2D eigenvalue weighted by Crippen LogP contribution is -2.49. The topological polar surface area (TPSA) is 114 Å². The predicted octanol–water partition coefficient (Wildman–Crippen LogP) is 1.28. The molecule has 0 radical (unpaired) electrons. The normalized spacial score (nSPS) is 12.8. The Balaban J connectivity index is 2.65. The molecule has 25 heavy (non-hydrogen) atoms. The first-order valence-electron chi connectivity index (χ1n) is 7.89. The Labute approximate surface area is 150 Å². The molecule has 4 amide bonds. The summed E-state index contributed by atoms with van der Waals surface area (Å²) in [4.78, 5) is 48.0. The van der Waals surface area contributed by atoms with Gasteiger partial charge in [-0.15, -0.1) is 11.3 Å². The zero-order chi connectivity index (χ0) is 19.0. The van der Waals surface area contributed by atoms with Crippen LogP contribution in [0.5, 0.6) is 0 Å². The maximum atomic E-state index is 12.3. The molecule has 1 aromatic rings. The molecule has 3 N–H and O–H groups in total. The average Bonchev–Trinajstić information content (AvgIpc) is 3.06. The fourth-order valence-electron chi connectivity index (χ4n) is 1.84. The summed E-state index contributed by atoms with van der Waals surface area (Å²) >= 11 is 1.25. The van der Waals surface area contributed by atoms with E-state index in [0.717, 1.165) is 0 Å². The highest BCUT2D eigenvalue weighted by atomic mass is 32.1. The van der Waals surface area contributed by atoms with Gasteiger partial charge in [-0.3, -0.25) is 14.9 Å². The second kappa shape index (κ2) is 9.77. The zero-order valence-corrected chi connectivity index (χ0v) is 15.4. The average molecular weight is 369 g/mol. The van der Waals surface area contributed by atoms with Crippen molar-refractivity contribution in [1.29, 1.82) is 0 Å². The van der Waals surface area contributed by atoms with E-state index in [0.29, 0.717) is 11.4 Å². The molecule has 1 aromatic heterocycles. The molecule has 0 aliphatic carbocycles. The monoisotopic (exact) mass is 369 g/mol. The quantitative estimate of drug-likeness (QED) is 0.627. The molecule has 0 saturated heterocycles. The molecule has 0 bridgehead atoms. The second-order valence-electron chi connectivity index (χ2n) is 5.60. The number of thiophene rings is 1. The van der Waals surface area contributed by atoms with Gasteiger partial charge in [-0.1, -0.05) is 19.9 Å². The predicted molar refractivity (Wildman–Crippen MR) is 93.2 cm³/mol. The summed E-state index contributed by atoms with van der Waals surface area (Å²) in [5.74, 6) is -2.11. The van der Waals surface area contributed by atoms with E-state index in [-0.39, 0.29) is 11.8 Å². The first kappa shape index (κ1) is 20.6. The Morgan fingerprint density at radius 3 is 2.40 bits per heavy atom. The highest BCUT2D eigenvalue weighted by Gasteiger charge is 2.29. The maximum absolute atomic E-state index is 12.3. The Kier molecular flexibility index (Phi) is 8.06. The van der Waals surface area contributed by atoms with Crippen molar-refractivity contribution < 1.29 is 23.9 Å². The van der Waals surface area contributed by atoms with E-state index in [9.17, 15) is 19.2 Å². The van der Waals surface area contributed by atoms with Crippen LogP contribution in [0.25, 0.3) is 0 Å². The fourth-order valence-corrected chi connectivity index (χ4v) is 2.46. The molecule has 0 spiro atoms. The molecule has 138 valence electrons. The number of hydrogen-bond acceptors (Lipinski definition) is 6. The first-order valence-corrected chi connectivity index (χ1v) is 8.77. The van der Waals surface area contributed by atoms with Crippen LogP contribution in [-0.4, -0.2) is 42.5 Å². The Bertz CT molecular complexity index is 615. The highest BCUT2D eigenvalue weighted by Crippen LogP contribution is 2.11. The van der Waals surface area contributed by atoms with Crippen molar-refractivity contribution in [3.63, 3.8) is 0 Å². The van der Waals surface area contributed by atoms with Crippen LogP contribution in [-0.2, 0) is 14.3 Å². The number of imide groups is 1. The van der Waals surface area contributed by atoms with Gasteiger partial charge < -0.3 is 15.4 Å². The lowest BCUT2D eigenvalue weighted by molar-refractivity contribution is -0.157. The summed E-state index contributed by atoms with van der Waals surface area (Å²) in [7, 11) is 0. The Hall–Kier alpha value is -2.42. The Morgan fingerprint density at radius 2 is 1.88 bits per heavy atom. The molecule has 8 nitrogen and oxygen atoms in total. The van der Waals surface area contributed by atoms with Gasteiger partial charge in [0.15, 0.2) is 6.10 Å². The number of urea groups is 1. The fraction of sp³-hybridized carbons (Fsp3) is 0.500. The molecule has 2 unspecified atom stereocenters. The third-order valence-corrected chi connectivity index (χ3v) is 4.06. The molecule has 2 atom stereocenters. The van der Waals surface area contributed by atoms with Crippen molar-refractivity contribution in [2.75, 3.05) is 6.54 Å². The lowest BCUT2D eigenvalue weighted by Gasteiger charge is -2.22. The standard InChI is InChI=1S/C16H23N3O5S/c1-5-17-16(23)19-13(20)10(4)24-15(22)12(9(2)3)18-14(21)11-7-6-8-25-11/h6-10,12H,5H2,1-4H3,(H,18,21)(H2,17,19,20,23). The van der Waals surface area contributed by atoms with Crippen LogP contribution in [0.4, 0.5) is 4.79 Å². The van der Waals surface area contributed by atoms with Crippen molar-refractivity contribution >= 4 is 35.2 Å². The lowest BCUT2D eigenvalue weighted by atomic mass is 10.0. The molecular weight excluding hydrogens is 346 g/mol. The Morgan fingerprint density at radius 1 is 1.20 bits per heavy atom. The number of rotatable bonds is 7. The van der Waals surface area contributed by atoms with E-state index in [4.69, 9.17) is 4.74 Å².